The lowest BCUT2D eigenvalue weighted by molar-refractivity contribution is 1.18. The number of pyridine rings is 1. The van der Waals surface area contributed by atoms with Crippen molar-refractivity contribution in [2.45, 2.75) is 0 Å². The van der Waals surface area contributed by atoms with Crippen molar-refractivity contribution in [3.05, 3.63) is 170 Å². The van der Waals surface area contributed by atoms with Gasteiger partial charge >= 0.3 is 0 Å². The van der Waals surface area contributed by atoms with Crippen molar-refractivity contribution in [1.29, 1.82) is 0 Å². The first-order chi connectivity index (χ1) is 23.3. The summed E-state index contributed by atoms with van der Waals surface area (Å²) in [6, 6.07) is 55.5. The Hall–Kier alpha value is -6.39. The molecular formula is C43H28N4. The van der Waals surface area contributed by atoms with Gasteiger partial charge in [-0.1, -0.05) is 115 Å². The van der Waals surface area contributed by atoms with Gasteiger partial charge in [0.15, 0.2) is 5.82 Å². The molecule has 0 N–H and O–H groups in total. The van der Waals surface area contributed by atoms with Gasteiger partial charge in [0.05, 0.1) is 22.4 Å². The van der Waals surface area contributed by atoms with Gasteiger partial charge in [0.2, 0.25) is 0 Å². The summed E-state index contributed by atoms with van der Waals surface area (Å²) in [5, 5.41) is 4.86. The fourth-order valence-electron chi connectivity index (χ4n) is 6.74. The van der Waals surface area contributed by atoms with Gasteiger partial charge in [-0.05, 0) is 64.4 Å². The van der Waals surface area contributed by atoms with Crippen LogP contribution in [0.4, 0.5) is 0 Å². The molecule has 6 aromatic carbocycles. The molecule has 0 aliphatic carbocycles. The number of fused-ring (bicyclic) bond motifs is 4. The van der Waals surface area contributed by atoms with E-state index in [9.17, 15) is 0 Å². The summed E-state index contributed by atoms with van der Waals surface area (Å²) < 4.78 is 2.36. The highest BCUT2D eigenvalue weighted by Gasteiger charge is 2.16. The molecule has 0 aliphatic heterocycles. The first-order valence-corrected chi connectivity index (χ1v) is 15.8. The number of hydrogen-bond donors (Lipinski definition) is 0. The molecule has 0 saturated heterocycles. The first kappa shape index (κ1) is 27.0. The van der Waals surface area contributed by atoms with E-state index in [2.05, 4.69) is 137 Å². The molecule has 0 fully saturated rings. The van der Waals surface area contributed by atoms with E-state index in [1.807, 2.05) is 30.3 Å². The van der Waals surface area contributed by atoms with E-state index in [-0.39, 0.29) is 0 Å². The molecular weight excluding hydrogens is 573 g/mol. The van der Waals surface area contributed by atoms with Gasteiger partial charge in [-0.25, -0.2) is 9.97 Å². The van der Waals surface area contributed by atoms with Crippen LogP contribution < -0.4 is 0 Å². The smallest absolute Gasteiger partial charge is 0.160 e. The highest BCUT2D eigenvalue weighted by molar-refractivity contribution is 6.09. The standard InChI is InChI=1S/C43H28N4/c1-2-10-31(11-3-1)43-45-39(30-24-26-44-27-25-30)28-40(46-43)36-23-22-33(34-12-4-5-13-35(34)36)29-18-20-32(21-19-29)47-41-16-8-6-14-37(41)38-15-7-9-17-42(38)47/h1-28H. The van der Waals surface area contributed by atoms with E-state index < -0.39 is 0 Å². The Labute approximate surface area is 272 Å². The van der Waals surface area contributed by atoms with Gasteiger partial charge < -0.3 is 4.57 Å². The lowest BCUT2D eigenvalue weighted by Gasteiger charge is -2.14. The third-order valence-electron chi connectivity index (χ3n) is 8.95. The summed E-state index contributed by atoms with van der Waals surface area (Å²) in [7, 11) is 0. The van der Waals surface area contributed by atoms with Crippen LogP contribution in [0.5, 0.6) is 0 Å². The Balaban J connectivity index is 1.17. The number of benzene rings is 6. The van der Waals surface area contributed by atoms with Crippen LogP contribution >= 0.6 is 0 Å². The van der Waals surface area contributed by atoms with Crippen molar-refractivity contribution in [2.75, 3.05) is 0 Å². The minimum Gasteiger partial charge on any atom is -0.309 e. The van der Waals surface area contributed by atoms with E-state index in [0.717, 1.165) is 39.2 Å². The molecule has 3 aromatic heterocycles. The lowest BCUT2D eigenvalue weighted by atomic mass is 9.93. The second kappa shape index (κ2) is 11.2. The van der Waals surface area contributed by atoms with E-state index in [4.69, 9.17) is 9.97 Å². The highest BCUT2D eigenvalue weighted by Crippen LogP contribution is 2.38. The lowest BCUT2D eigenvalue weighted by Crippen LogP contribution is -1.97. The van der Waals surface area contributed by atoms with Crippen LogP contribution in [0.25, 0.3) is 83.3 Å². The van der Waals surface area contributed by atoms with Crippen LogP contribution in [-0.4, -0.2) is 19.5 Å². The molecule has 220 valence electrons. The van der Waals surface area contributed by atoms with E-state index in [1.54, 1.807) is 12.4 Å². The van der Waals surface area contributed by atoms with Crippen LogP contribution in [0.3, 0.4) is 0 Å². The second-order valence-electron chi connectivity index (χ2n) is 11.7. The average molecular weight is 601 g/mol. The molecule has 4 nitrogen and oxygen atoms in total. The fourth-order valence-corrected chi connectivity index (χ4v) is 6.74. The normalized spacial score (nSPS) is 11.4. The third-order valence-corrected chi connectivity index (χ3v) is 8.95. The van der Waals surface area contributed by atoms with E-state index >= 15 is 0 Å². The molecule has 0 spiro atoms. The van der Waals surface area contributed by atoms with Crippen molar-refractivity contribution in [2.24, 2.45) is 0 Å². The number of aromatic nitrogens is 4. The SMILES string of the molecule is c1ccc(-c2nc(-c3ccncc3)cc(-c3ccc(-c4ccc(-n5c6ccccc6c6ccccc65)cc4)c4ccccc34)n2)cc1. The van der Waals surface area contributed by atoms with Gasteiger partial charge in [-0.15, -0.1) is 0 Å². The number of nitrogens with zero attached hydrogens (tertiary/aromatic N) is 4. The molecule has 0 bridgehead atoms. The molecule has 9 aromatic rings. The van der Waals surface area contributed by atoms with Crippen LogP contribution in [-0.2, 0) is 0 Å². The zero-order valence-electron chi connectivity index (χ0n) is 25.5. The highest BCUT2D eigenvalue weighted by atomic mass is 15.0. The Morgan fingerprint density at radius 2 is 0.936 bits per heavy atom. The molecule has 0 unspecified atom stereocenters. The van der Waals surface area contributed by atoms with Gasteiger partial charge in [0.1, 0.15) is 0 Å². The Morgan fingerprint density at radius 3 is 1.62 bits per heavy atom. The van der Waals surface area contributed by atoms with Crippen LogP contribution in [0.2, 0.25) is 0 Å². The second-order valence-corrected chi connectivity index (χ2v) is 11.7. The molecule has 0 amide bonds. The topological polar surface area (TPSA) is 43.6 Å². The van der Waals surface area contributed by atoms with Gasteiger partial charge in [0.25, 0.3) is 0 Å². The molecule has 0 saturated carbocycles. The fraction of sp³-hybridized carbons (Fsp3) is 0. The summed E-state index contributed by atoms with van der Waals surface area (Å²) in [5.74, 6) is 0.698. The molecule has 0 radical (unpaired) electrons. The van der Waals surface area contributed by atoms with Crippen LogP contribution in [0.1, 0.15) is 0 Å². The van der Waals surface area contributed by atoms with Gasteiger partial charge in [0, 0.05) is 45.5 Å². The van der Waals surface area contributed by atoms with E-state index in [0.29, 0.717) is 5.82 Å². The predicted molar refractivity (Wildman–Crippen MR) is 193 cm³/mol. The maximum Gasteiger partial charge on any atom is 0.160 e. The molecule has 3 heterocycles. The molecule has 0 atom stereocenters. The Morgan fingerprint density at radius 1 is 0.383 bits per heavy atom. The number of hydrogen-bond acceptors (Lipinski definition) is 3. The summed E-state index contributed by atoms with van der Waals surface area (Å²) >= 11 is 0. The number of rotatable bonds is 5. The minimum absolute atomic E-state index is 0.698. The third kappa shape index (κ3) is 4.66. The van der Waals surface area contributed by atoms with Crippen LogP contribution in [0.15, 0.2) is 170 Å². The first-order valence-electron chi connectivity index (χ1n) is 15.8. The molecule has 4 heteroatoms. The van der Waals surface area contributed by atoms with Gasteiger partial charge in [-0.3, -0.25) is 4.98 Å². The number of para-hydroxylation sites is 2. The van der Waals surface area contributed by atoms with Crippen molar-refractivity contribution >= 4 is 32.6 Å². The summed E-state index contributed by atoms with van der Waals surface area (Å²) in [4.78, 5) is 14.3. The largest absolute Gasteiger partial charge is 0.309 e. The van der Waals surface area contributed by atoms with Crippen molar-refractivity contribution in [1.82, 2.24) is 19.5 Å². The quantitative estimate of drug-likeness (QED) is 0.197. The van der Waals surface area contributed by atoms with E-state index in [1.165, 1.54) is 38.3 Å². The monoisotopic (exact) mass is 600 g/mol. The maximum absolute atomic E-state index is 5.11. The average Bonchev–Trinajstić information content (AvgIpc) is 3.49. The van der Waals surface area contributed by atoms with Crippen molar-refractivity contribution < 1.29 is 0 Å². The summed E-state index contributed by atoms with van der Waals surface area (Å²) in [6.45, 7) is 0. The molecule has 9 rings (SSSR count). The van der Waals surface area contributed by atoms with Crippen molar-refractivity contribution in [3.63, 3.8) is 0 Å². The zero-order valence-corrected chi connectivity index (χ0v) is 25.5. The Kier molecular flexibility index (Phi) is 6.43. The maximum atomic E-state index is 5.11. The summed E-state index contributed by atoms with van der Waals surface area (Å²) in [5.41, 5.74) is 10.7. The zero-order chi connectivity index (χ0) is 31.2. The molecule has 0 aliphatic rings. The Bertz CT molecular complexity index is 2440. The minimum atomic E-state index is 0.698. The summed E-state index contributed by atoms with van der Waals surface area (Å²) in [6.07, 6.45) is 3.60. The van der Waals surface area contributed by atoms with Crippen molar-refractivity contribution in [3.8, 4) is 50.7 Å². The molecule has 47 heavy (non-hydrogen) atoms. The van der Waals surface area contributed by atoms with Crippen LogP contribution in [0, 0.1) is 0 Å². The van der Waals surface area contributed by atoms with Gasteiger partial charge in [-0.2, -0.15) is 0 Å². The predicted octanol–water partition coefficient (Wildman–Crippen LogP) is 10.8.